The Kier molecular flexibility index (Phi) is 5.21. The van der Waals surface area contributed by atoms with Gasteiger partial charge in [-0.05, 0) is 46.4 Å². The van der Waals surface area contributed by atoms with Crippen LogP contribution >= 0.6 is 0 Å². The van der Waals surface area contributed by atoms with Gasteiger partial charge in [-0.3, -0.25) is 9.59 Å². The number of carbonyl (C=O) groups is 2. The zero-order valence-electron chi connectivity index (χ0n) is 21.4. The topological polar surface area (TPSA) is 74.9 Å². The van der Waals surface area contributed by atoms with Crippen molar-refractivity contribution in [3.8, 4) is 11.5 Å². The monoisotopic (exact) mass is 507 g/mol. The van der Waals surface area contributed by atoms with E-state index in [1.807, 2.05) is 35.2 Å². The molecule has 1 N–H and O–H groups in total. The lowest BCUT2D eigenvalue weighted by Crippen LogP contribution is -2.62. The van der Waals surface area contributed by atoms with Gasteiger partial charge in [0.25, 0.3) is 0 Å². The number of aromatic nitrogens is 1. The van der Waals surface area contributed by atoms with Gasteiger partial charge in [0.05, 0.1) is 6.04 Å². The van der Waals surface area contributed by atoms with E-state index in [9.17, 15) is 9.59 Å². The Balaban J connectivity index is 1.28. The minimum absolute atomic E-state index is 0.0259. The van der Waals surface area contributed by atoms with Gasteiger partial charge in [-0.2, -0.15) is 0 Å². The summed E-state index contributed by atoms with van der Waals surface area (Å²) in [6.45, 7) is 4.93. The van der Waals surface area contributed by atoms with Crippen LogP contribution in [-0.4, -0.2) is 46.0 Å². The first kappa shape index (κ1) is 22.9. The summed E-state index contributed by atoms with van der Waals surface area (Å²) < 4.78 is 10.9. The number of H-pyrrole nitrogens is 1. The van der Waals surface area contributed by atoms with E-state index in [2.05, 4.69) is 55.2 Å². The van der Waals surface area contributed by atoms with Gasteiger partial charge in [-0.25, -0.2) is 0 Å². The lowest BCUT2D eigenvalue weighted by Gasteiger charge is -2.47. The van der Waals surface area contributed by atoms with Gasteiger partial charge in [-0.1, -0.05) is 62.4 Å². The highest BCUT2D eigenvalue weighted by molar-refractivity contribution is 5.97. The minimum atomic E-state index is -0.563. The van der Waals surface area contributed by atoms with Crippen LogP contribution in [0.15, 0.2) is 66.7 Å². The zero-order valence-corrected chi connectivity index (χ0v) is 21.4. The molecule has 0 bridgehead atoms. The van der Waals surface area contributed by atoms with E-state index in [0.717, 1.165) is 33.3 Å². The number of nitrogens with zero attached hydrogens (tertiary/aromatic N) is 2. The number of amides is 2. The van der Waals surface area contributed by atoms with Crippen molar-refractivity contribution in [2.75, 3.05) is 13.3 Å². The van der Waals surface area contributed by atoms with Crippen LogP contribution in [0.1, 0.15) is 53.8 Å². The minimum Gasteiger partial charge on any atom is -0.454 e. The van der Waals surface area contributed by atoms with Gasteiger partial charge < -0.3 is 24.3 Å². The Labute approximate surface area is 221 Å². The van der Waals surface area contributed by atoms with E-state index >= 15 is 0 Å². The largest absolute Gasteiger partial charge is 0.454 e. The van der Waals surface area contributed by atoms with Crippen molar-refractivity contribution >= 4 is 22.7 Å². The average Bonchev–Trinajstić information content (AvgIpc) is 3.54. The molecule has 7 rings (SSSR count). The van der Waals surface area contributed by atoms with Gasteiger partial charge in [0.1, 0.15) is 12.6 Å². The molecule has 1 fully saturated rings. The number of para-hydroxylation sites is 1. The second-order valence-electron chi connectivity index (χ2n) is 10.7. The van der Waals surface area contributed by atoms with Crippen LogP contribution in [-0.2, 0) is 22.6 Å². The Hall–Kier alpha value is -4.26. The third-order valence-corrected chi connectivity index (χ3v) is 8.07. The van der Waals surface area contributed by atoms with Crippen molar-refractivity contribution < 1.29 is 19.1 Å². The van der Waals surface area contributed by atoms with E-state index < -0.39 is 6.04 Å². The molecule has 0 radical (unpaired) electrons. The van der Waals surface area contributed by atoms with Crippen LogP contribution < -0.4 is 9.47 Å². The number of hydrogen-bond acceptors (Lipinski definition) is 4. The number of hydrogen-bond donors (Lipinski definition) is 1. The van der Waals surface area contributed by atoms with Crippen LogP contribution in [0.4, 0.5) is 0 Å². The molecule has 1 saturated heterocycles. The number of aromatic amines is 1. The van der Waals surface area contributed by atoms with Crippen molar-refractivity contribution in [2.24, 2.45) is 0 Å². The second kappa shape index (κ2) is 8.65. The third-order valence-electron chi connectivity index (χ3n) is 8.07. The van der Waals surface area contributed by atoms with Gasteiger partial charge >= 0.3 is 0 Å². The van der Waals surface area contributed by atoms with Gasteiger partial charge in [0.2, 0.25) is 18.6 Å². The fraction of sp³-hybridized carbons (Fsp3) is 0.290. The van der Waals surface area contributed by atoms with Crippen LogP contribution in [0.2, 0.25) is 0 Å². The van der Waals surface area contributed by atoms with E-state index in [1.54, 1.807) is 4.90 Å². The fourth-order valence-corrected chi connectivity index (χ4v) is 6.13. The van der Waals surface area contributed by atoms with Crippen LogP contribution in [0.25, 0.3) is 10.9 Å². The first-order valence-electron chi connectivity index (χ1n) is 13.2. The van der Waals surface area contributed by atoms with Crippen LogP contribution in [0.3, 0.4) is 0 Å². The normalized spacial score (nSPS) is 20.3. The summed E-state index contributed by atoms with van der Waals surface area (Å²) in [5.41, 5.74) is 6.31. The molecule has 1 unspecified atom stereocenters. The SMILES string of the molecule is CC(C)c1ccc(C2c3[nH]c4ccccc4c3C[C@H]3C(=O)N(Cc4ccc5c(c4)OCO5)CC(=O)N23)cc1. The van der Waals surface area contributed by atoms with Crippen molar-refractivity contribution in [1.82, 2.24) is 14.8 Å². The Morgan fingerprint density at radius 2 is 1.76 bits per heavy atom. The molecule has 38 heavy (non-hydrogen) atoms. The second-order valence-corrected chi connectivity index (χ2v) is 10.7. The molecule has 3 aliphatic heterocycles. The number of nitrogens with one attached hydrogen (secondary N) is 1. The lowest BCUT2D eigenvalue weighted by molar-refractivity contribution is -0.159. The molecule has 0 saturated carbocycles. The maximum absolute atomic E-state index is 14.0. The highest BCUT2D eigenvalue weighted by Crippen LogP contribution is 2.43. The Morgan fingerprint density at radius 3 is 2.58 bits per heavy atom. The smallest absolute Gasteiger partial charge is 0.246 e. The van der Waals surface area contributed by atoms with Crippen LogP contribution in [0.5, 0.6) is 11.5 Å². The molecular weight excluding hydrogens is 478 g/mol. The molecular formula is C31H29N3O4. The Bertz CT molecular complexity index is 1570. The van der Waals surface area contributed by atoms with Crippen LogP contribution in [0, 0.1) is 0 Å². The third kappa shape index (κ3) is 3.56. The molecule has 7 nitrogen and oxygen atoms in total. The summed E-state index contributed by atoms with van der Waals surface area (Å²) >= 11 is 0. The highest BCUT2D eigenvalue weighted by atomic mass is 16.7. The van der Waals surface area contributed by atoms with Crippen molar-refractivity contribution in [3.05, 3.63) is 94.7 Å². The predicted octanol–water partition coefficient (Wildman–Crippen LogP) is 4.91. The van der Waals surface area contributed by atoms with E-state index in [1.165, 1.54) is 5.56 Å². The maximum Gasteiger partial charge on any atom is 0.246 e. The number of benzene rings is 3. The van der Waals surface area contributed by atoms with Crippen molar-refractivity contribution in [1.29, 1.82) is 0 Å². The molecule has 4 aromatic rings. The first-order chi connectivity index (χ1) is 18.5. The van der Waals surface area contributed by atoms with Crippen molar-refractivity contribution in [2.45, 2.75) is 44.8 Å². The summed E-state index contributed by atoms with van der Waals surface area (Å²) in [7, 11) is 0. The average molecular weight is 508 g/mol. The van der Waals surface area contributed by atoms with E-state index in [4.69, 9.17) is 9.47 Å². The molecule has 2 atom stereocenters. The summed E-state index contributed by atoms with van der Waals surface area (Å²) in [6.07, 6.45) is 0.488. The number of fused-ring (bicyclic) bond motifs is 5. The summed E-state index contributed by atoms with van der Waals surface area (Å²) in [5, 5.41) is 1.11. The maximum atomic E-state index is 14.0. The Morgan fingerprint density at radius 1 is 0.974 bits per heavy atom. The van der Waals surface area contributed by atoms with E-state index in [0.29, 0.717) is 30.4 Å². The molecule has 1 aromatic heterocycles. The first-order valence-corrected chi connectivity index (χ1v) is 13.2. The standard InChI is InChI=1S/C31H29N3O4/c1-18(2)20-8-10-21(11-9-20)30-29-23(22-5-3-4-6-24(22)32-29)14-25-31(36)33(16-28(35)34(25)30)15-19-7-12-26-27(13-19)38-17-37-26/h3-13,18,25,30,32H,14-17H2,1-2H3/t25-,30?/m0/s1. The molecule has 0 spiro atoms. The summed E-state index contributed by atoms with van der Waals surface area (Å²) in [6, 6.07) is 21.4. The molecule has 4 heterocycles. The molecule has 7 heteroatoms. The van der Waals surface area contributed by atoms with Gasteiger partial charge in [0, 0.05) is 29.6 Å². The lowest BCUT2D eigenvalue weighted by atomic mass is 9.85. The number of piperazine rings is 1. The number of carbonyl (C=O) groups excluding carboxylic acids is 2. The molecule has 0 aliphatic carbocycles. The summed E-state index contributed by atoms with van der Waals surface area (Å²) in [4.78, 5) is 34.9. The molecule has 192 valence electrons. The zero-order chi connectivity index (χ0) is 26.0. The number of rotatable bonds is 4. The molecule has 3 aromatic carbocycles. The quantitative estimate of drug-likeness (QED) is 0.426. The van der Waals surface area contributed by atoms with Gasteiger partial charge in [-0.15, -0.1) is 0 Å². The molecule has 3 aliphatic rings. The van der Waals surface area contributed by atoms with Crippen molar-refractivity contribution in [3.63, 3.8) is 0 Å². The predicted molar refractivity (Wildman–Crippen MR) is 143 cm³/mol. The highest BCUT2D eigenvalue weighted by Gasteiger charge is 2.48. The number of ether oxygens (including phenoxy) is 2. The van der Waals surface area contributed by atoms with Gasteiger partial charge in [0.15, 0.2) is 11.5 Å². The van der Waals surface area contributed by atoms with E-state index in [-0.39, 0.29) is 31.2 Å². The summed E-state index contributed by atoms with van der Waals surface area (Å²) in [5.74, 6) is 1.71. The fourth-order valence-electron chi connectivity index (χ4n) is 6.13. The molecule has 2 amide bonds.